The number of nitrogens with zero attached hydrogens (tertiary/aromatic N) is 1. The lowest BCUT2D eigenvalue weighted by molar-refractivity contribution is -0.122. The number of rotatable bonds is 6. The normalized spacial score (nSPS) is 18.7. The molecule has 1 aromatic rings. The van der Waals surface area contributed by atoms with Gasteiger partial charge < -0.3 is 14.9 Å². The second-order valence-electron chi connectivity index (χ2n) is 6.26. The fourth-order valence-corrected chi connectivity index (χ4v) is 3.37. The molecule has 0 spiro atoms. The zero-order valence-electron chi connectivity index (χ0n) is 13.2. The van der Waals surface area contributed by atoms with Crippen LogP contribution in [0.1, 0.15) is 62.0 Å². The molecule has 118 valence electrons. The molecule has 2 unspecified atom stereocenters. The monoisotopic (exact) mass is 294 g/mol. The summed E-state index contributed by atoms with van der Waals surface area (Å²) in [5.74, 6) is 1.17. The van der Waals surface area contributed by atoms with Crippen molar-refractivity contribution in [3.63, 3.8) is 0 Å². The van der Waals surface area contributed by atoms with Crippen LogP contribution < -0.4 is 5.32 Å². The number of aliphatic hydroxyl groups excluding tert-OH is 1. The molecule has 0 bridgehead atoms. The van der Waals surface area contributed by atoms with Gasteiger partial charge in [0.2, 0.25) is 5.91 Å². The predicted octanol–water partition coefficient (Wildman–Crippen LogP) is 2.45. The molecule has 1 aliphatic rings. The van der Waals surface area contributed by atoms with Gasteiger partial charge in [-0.05, 0) is 38.5 Å². The maximum absolute atomic E-state index is 12.0. The summed E-state index contributed by atoms with van der Waals surface area (Å²) in [5.41, 5.74) is 1.86. The Labute approximate surface area is 126 Å². The summed E-state index contributed by atoms with van der Waals surface area (Å²) < 4.78 is 5.14. The van der Waals surface area contributed by atoms with Crippen molar-refractivity contribution in [3.8, 4) is 0 Å². The maximum atomic E-state index is 12.0. The van der Waals surface area contributed by atoms with Crippen molar-refractivity contribution in [1.82, 2.24) is 10.5 Å². The molecule has 1 fully saturated rings. The van der Waals surface area contributed by atoms with Gasteiger partial charge in [-0.1, -0.05) is 24.9 Å². The quantitative estimate of drug-likeness (QED) is 0.845. The van der Waals surface area contributed by atoms with E-state index in [9.17, 15) is 9.90 Å². The van der Waals surface area contributed by atoms with E-state index < -0.39 is 6.10 Å². The summed E-state index contributed by atoms with van der Waals surface area (Å²) in [4.78, 5) is 12.0. The number of amides is 1. The standard InChI is InChI=1S/C16H26N2O3/c1-10(16-11(2)18-21-12(16)3)8-15(20)17-9-14(19)13-6-4-5-7-13/h10,13-14,19H,4-9H2,1-3H3,(H,17,20). The number of hydrogen-bond donors (Lipinski definition) is 2. The SMILES string of the molecule is Cc1noc(C)c1C(C)CC(=O)NCC(O)C1CCCC1. The number of aliphatic hydroxyl groups is 1. The Balaban J connectivity index is 1.79. The molecule has 0 aliphatic heterocycles. The van der Waals surface area contributed by atoms with E-state index in [1.807, 2.05) is 20.8 Å². The molecule has 0 radical (unpaired) electrons. The fourth-order valence-electron chi connectivity index (χ4n) is 3.37. The summed E-state index contributed by atoms with van der Waals surface area (Å²) in [6, 6.07) is 0. The molecule has 5 heteroatoms. The van der Waals surface area contributed by atoms with Crippen LogP contribution in [0.2, 0.25) is 0 Å². The lowest BCUT2D eigenvalue weighted by Gasteiger charge is -2.19. The molecular formula is C16H26N2O3. The van der Waals surface area contributed by atoms with E-state index in [0.717, 1.165) is 29.9 Å². The van der Waals surface area contributed by atoms with Gasteiger partial charge in [0.25, 0.3) is 0 Å². The van der Waals surface area contributed by atoms with Gasteiger partial charge in [-0.15, -0.1) is 0 Å². The molecule has 0 saturated heterocycles. The molecule has 5 nitrogen and oxygen atoms in total. The van der Waals surface area contributed by atoms with Gasteiger partial charge >= 0.3 is 0 Å². The number of aryl methyl sites for hydroxylation is 2. The Morgan fingerprint density at radius 1 is 1.43 bits per heavy atom. The van der Waals surface area contributed by atoms with Crippen LogP contribution in [-0.2, 0) is 4.79 Å². The summed E-state index contributed by atoms with van der Waals surface area (Å²) in [6.45, 7) is 6.12. The van der Waals surface area contributed by atoms with E-state index in [1.54, 1.807) is 0 Å². The van der Waals surface area contributed by atoms with Crippen LogP contribution in [0.5, 0.6) is 0 Å². The molecule has 2 atom stereocenters. The first-order valence-electron chi connectivity index (χ1n) is 7.86. The van der Waals surface area contributed by atoms with Crippen molar-refractivity contribution >= 4 is 5.91 Å². The minimum Gasteiger partial charge on any atom is -0.391 e. The first-order valence-corrected chi connectivity index (χ1v) is 7.86. The van der Waals surface area contributed by atoms with E-state index in [-0.39, 0.29) is 11.8 Å². The first kappa shape index (κ1) is 16.0. The zero-order valence-corrected chi connectivity index (χ0v) is 13.2. The molecule has 1 amide bonds. The number of nitrogens with one attached hydrogen (secondary N) is 1. The lowest BCUT2D eigenvalue weighted by atomic mass is 9.95. The summed E-state index contributed by atoms with van der Waals surface area (Å²) in [6.07, 6.45) is 4.52. The molecule has 2 rings (SSSR count). The number of aromatic nitrogens is 1. The number of carbonyl (C=O) groups is 1. The van der Waals surface area contributed by atoms with Crippen LogP contribution in [-0.4, -0.2) is 28.8 Å². The third-order valence-corrected chi connectivity index (χ3v) is 4.53. The highest BCUT2D eigenvalue weighted by Gasteiger charge is 2.24. The number of carbonyl (C=O) groups excluding carboxylic acids is 1. The molecule has 1 saturated carbocycles. The largest absolute Gasteiger partial charge is 0.391 e. The Hall–Kier alpha value is -1.36. The molecule has 0 aromatic carbocycles. The highest BCUT2D eigenvalue weighted by molar-refractivity contribution is 5.76. The molecule has 1 aliphatic carbocycles. The number of hydrogen-bond acceptors (Lipinski definition) is 4. The predicted molar refractivity (Wildman–Crippen MR) is 80.0 cm³/mol. The van der Waals surface area contributed by atoms with Gasteiger partial charge in [-0.2, -0.15) is 0 Å². The zero-order chi connectivity index (χ0) is 15.4. The highest BCUT2D eigenvalue weighted by atomic mass is 16.5. The topological polar surface area (TPSA) is 75.4 Å². The van der Waals surface area contributed by atoms with Crippen molar-refractivity contribution in [3.05, 3.63) is 17.0 Å². The van der Waals surface area contributed by atoms with Gasteiger partial charge in [0.1, 0.15) is 5.76 Å². The van der Waals surface area contributed by atoms with Gasteiger partial charge in [0.15, 0.2) is 0 Å². The highest BCUT2D eigenvalue weighted by Crippen LogP contribution is 2.28. The maximum Gasteiger partial charge on any atom is 0.220 e. The van der Waals surface area contributed by atoms with E-state index in [0.29, 0.717) is 18.9 Å². The van der Waals surface area contributed by atoms with E-state index >= 15 is 0 Å². The van der Waals surface area contributed by atoms with Crippen LogP contribution in [0, 0.1) is 19.8 Å². The molecule has 1 heterocycles. The third kappa shape index (κ3) is 4.06. The van der Waals surface area contributed by atoms with Crippen LogP contribution in [0.3, 0.4) is 0 Å². The fraction of sp³-hybridized carbons (Fsp3) is 0.750. The van der Waals surface area contributed by atoms with Gasteiger partial charge in [0, 0.05) is 18.5 Å². The molecular weight excluding hydrogens is 268 g/mol. The van der Waals surface area contributed by atoms with E-state index in [1.165, 1.54) is 12.8 Å². The van der Waals surface area contributed by atoms with Crippen molar-refractivity contribution in [2.24, 2.45) is 5.92 Å². The van der Waals surface area contributed by atoms with Crippen LogP contribution in [0.15, 0.2) is 4.52 Å². The Morgan fingerprint density at radius 2 is 2.10 bits per heavy atom. The molecule has 2 N–H and O–H groups in total. The molecule has 21 heavy (non-hydrogen) atoms. The third-order valence-electron chi connectivity index (χ3n) is 4.53. The Kier molecular flexibility index (Phi) is 5.39. The van der Waals surface area contributed by atoms with Crippen molar-refractivity contribution in [1.29, 1.82) is 0 Å². The summed E-state index contributed by atoms with van der Waals surface area (Å²) >= 11 is 0. The second-order valence-corrected chi connectivity index (χ2v) is 6.26. The molecule has 1 aromatic heterocycles. The van der Waals surface area contributed by atoms with Crippen LogP contribution >= 0.6 is 0 Å². The van der Waals surface area contributed by atoms with Crippen molar-refractivity contribution < 1.29 is 14.4 Å². The minimum atomic E-state index is -0.411. The second kappa shape index (κ2) is 7.07. The van der Waals surface area contributed by atoms with Gasteiger partial charge in [-0.25, -0.2) is 0 Å². The summed E-state index contributed by atoms with van der Waals surface area (Å²) in [5, 5.41) is 16.8. The van der Waals surface area contributed by atoms with Gasteiger partial charge in [0.05, 0.1) is 11.8 Å². The van der Waals surface area contributed by atoms with Crippen molar-refractivity contribution in [2.75, 3.05) is 6.54 Å². The van der Waals surface area contributed by atoms with Crippen LogP contribution in [0.25, 0.3) is 0 Å². The Morgan fingerprint density at radius 3 is 2.67 bits per heavy atom. The first-order chi connectivity index (χ1) is 9.99. The van der Waals surface area contributed by atoms with Crippen LogP contribution in [0.4, 0.5) is 0 Å². The van der Waals surface area contributed by atoms with Crippen molar-refractivity contribution in [2.45, 2.75) is 64.9 Å². The minimum absolute atomic E-state index is 0.0282. The average molecular weight is 294 g/mol. The van der Waals surface area contributed by atoms with Gasteiger partial charge in [-0.3, -0.25) is 4.79 Å². The smallest absolute Gasteiger partial charge is 0.220 e. The van der Waals surface area contributed by atoms with E-state index in [2.05, 4.69) is 10.5 Å². The summed E-state index contributed by atoms with van der Waals surface area (Å²) in [7, 11) is 0. The average Bonchev–Trinajstić information content (AvgIpc) is 3.06. The lowest BCUT2D eigenvalue weighted by Crippen LogP contribution is -2.36. The van der Waals surface area contributed by atoms with E-state index in [4.69, 9.17) is 4.52 Å². The Bertz CT molecular complexity index is 458.